The van der Waals surface area contributed by atoms with Crippen LogP contribution >= 0.6 is 0 Å². The van der Waals surface area contributed by atoms with Crippen LogP contribution in [-0.4, -0.2) is 74.4 Å². The third-order valence-electron chi connectivity index (χ3n) is 6.03. The van der Waals surface area contributed by atoms with Crippen LogP contribution in [0.15, 0.2) is 24.3 Å². The van der Waals surface area contributed by atoms with E-state index in [9.17, 15) is 4.79 Å². The number of ether oxygens (including phenoxy) is 1. The third kappa shape index (κ3) is 4.55. The highest BCUT2D eigenvalue weighted by Crippen LogP contribution is 2.31. The zero-order valence-corrected chi connectivity index (χ0v) is 16.4. The number of nitrogens with zero attached hydrogens (tertiary/aromatic N) is 3. The van der Waals surface area contributed by atoms with Gasteiger partial charge in [0.2, 0.25) is 0 Å². The van der Waals surface area contributed by atoms with Crippen LogP contribution in [0.25, 0.3) is 0 Å². The summed E-state index contributed by atoms with van der Waals surface area (Å²) < 4.78 is 5.50. The smallest absolute Gasteiger partial charge is 0.322 e. The molecule has 2 heterocycles. The summed E-state index contributed by atoms with van der Waals surface area (Å²) in [5.74, 6) is 0.480. The minimum atomic E-state index is 0.0454. The molecule has 148 valence electrons. The van der Waals surface area contributed by atoms with E-state index in [0.29, 0.717) is 12.0 Å². The minimum Gasteiger partial charge on any atom is -0.381 e. The Morgan fingerprint density at radius 3 is 2.63 bits per heavy atom. The normalized spacial score (nSPS) is 23.4. The first-order valence-electron chi connectivity index (χ1n) is 10.5. The summed E-state index contributed by atoms with van der Waals surface area (Å²) >= 11 is 0. The van der Waals surface area contributed by atoms with E-state index in [0.717, 1.165) is 83.1 Å². The van der Waals surface area contributed by atoms with Gasteiger partial charge in [-0.15, -0.1) is 0 Å². The van der Waals surface area contributed by atoms with E-state index in [1.807, 2.05) is 17.0 Å². The first kappa shape index (κ1) is 18.6. The lowest BCUT2D eigenvalue weighted by atomic mass is 10.1. The number of carbonyl (C=O) groups excluding carboxylic acids is 1. The number of rotatable bonds is 6. The van der Waals surface area contributed by atoms with Gasteiger partial charge in [0.1, 0.15) is 0 Å². The Kier molecular flexibility index (Phi) is 5.83. The van der Waals surface area contributed by atoms with Crippen LogP contribution in [0.3, 0.4) is 0 Å². The summed E-state index contributed by atoms with van der Waals surface area (Å²) in [4.78, 5) is 20.0. The highest BCUT2D eigenvalue weighted by Gasteiger charge is 2.35. The van der Waals surface area contributed by atoms with Crippen LogP contribution in [0, 0.1) is 5.92 Å². The van der Waals surface area contributed by atoms with E-state index >= 15 is 0 Å². The first-order valence-corrected chi connectivity index (χ1v) is 10.5. The average Bonchev–Trinajstić information content (AvgIpc) is 3.42. The Morgan fingerprint density at radius 2 is 1.96 bits per heavy atom. The second kappa shape index (κ2) is 8.48. The second-order valence-electron chi connectivity index (χ2n) is 7.98. The largest absolute Gasteiger partial charge is 0.381 e. The molecular formula is C21H32N4O2. The Labute approximate surface area is 162 Å². The fourth-order valence-corrected chi connectivity index (χ4v) is 4.14. The second-order valence-corrected chi connectivity index (χ2v) is 7.98. The van der Waals surface area contributed by atoms with Gasteiger partial charge in [-0.1, -0.05) is 19.1 Å². The number of urea groups is 1. The van der Waals surface area contributed by atoms with Gasteiger partial charge in [-0.25, -0.2) is 4.79 Å². The number of para-hydroxylation sites is 2. The molecule has 0 radical (unpaired) electrons. The predicted octanol–water partition coefficient (Wildman–Crippen LogP) is 2.86. The highest BCUT2D eigenvalue weighted by atomic mass is 16.5. The Balaban J connectivity index is 1.43. The summed E-state index contributed by atoms with van der Waals surface area (Å²) in [5, 5.41) is 3.22. The monoisotopic (exact) mass is 372 g/mol. The Bertz CT molecular complexity index is 635. The topological polar surface area (TPSA) is 48.0 Å². The first-order chi connectivity index (χ1) is 13.2. The van der Waals surface area contributed by atoms with Crippen LogP contribution in [0.5, 0.6) is 0 Å². The lowest BCUT2D eigenvalue weighted by Crippen LogP contribution is -2.46. The van der Waals surface area contributed by atoms with E-state index in [1.165, 1.54) is 0 Å². The molecule has 1 saturated carbocycles. The molecule has 4 rings (SSSR count). The molecule has 1 atom stereocenters. The molecule has 0 aromatic heterocycles. The van der Waals surface area contributed by atoms with Gasteiger partial charge in [0.05, 0.1) is 18.0 Å². The van der Waals surface area contributed by atoms with Gasteiger partial charge in [0, 0.05) is 51.3 Å². The number of nitrogens with one attached hydrogen (secondary N) is 1. The predicted molar refractivity (Wildman–Crippen MR) is 108 cm³/mol. The molecule has 3 aliphatic rings. The van der Waals surface area contributed by atoms with E-state index in [1.54, 1.807) is 0 Å². The molecule has 2 saturated heterocycles. The van der Waals surface area contributed by atoms with Crippen molar-refractivity contribution in [3.05, 3.63) is 24.3 Å². The molecule has 3 fully saturated rings. The van der Waals surface area contributed by atoms with Gasteiger partial charge < -0.3 is 24.8 Å². The quantitative estimate of drug-likeness (QED) is 0.834. The molecular weight excluding hydrogens is 340 g/mol. The summed E-state index contributed by atoms with van der Waals surface area (Å²) in [6.07, 6.45) is 3.32. The van der Waals surface area contributed by atoms with Crippen molar-refractivity contribution >= 4 is 17.4 Å². The molecule has 2 aliphatic heterocycles. The lowest BCUT2D eigenvalue weighted by Gasteiger charge is -2.36. The molecule has 6 nitrogen and oxygen atoms in total. The van der Waals surface area contributed by atoms with Crippen molar-refractivity contribution in [3.8, 4) is 0 Å². The van der Waals surface area contributed by atoms with Crippen LogP contribution < -0.4 is 10.2 Å². The van der Waals surface area contributed by atoms with Crippen molar-refractivity contribution in [1.29, 1.82) is 0 Å². The number of hydrogen-bond acceptors (Lipinski definition) is 4. The molecule has 1 unspecified atom stereocenters. The van der Waals surface area contributed by atoms with Gasteiger partial charge in [0.25, 0.3) is 0 Å². The zero-order valence-electron chi connectivity index (χ0n) is 16.4. The number of anilines is 2. The summed E-state index contributed by atoms with van der Waals surface area (Å²) in [5.41, 5.74) is 2.07. The van der Waals surface area contributed by atoms with Gasteiger partial charge in [-0.2, -0.15) is 0 Å². The summed E-state index contributed by atoms with van der Waals surface area (Å²) in [6, 6.07) is 8.68. The van der Waals surface area contributed by atoms with Gasteiger partial charge in [0.15, 0.2) is 0 Å². The SMILES string of the molecule is CCN1CCN(c2ccccc2NC(=O)N(CC2CCOC2)C2CC2)CC1. The number of piperazine rings is 1. The lowest BCUT2D eigenvalue weighted by molar-refractivity contribution is 0.167. The molecule has 1 aliphatic carbocycles. The molecule has 1 N–H and O–H groups in total. The third-order valence-corrected chi connectivity index (χ3v) is 6.03. The Morgan fingerprint density at radius 1 is 1.19 bits per heavy atom. The van der Waals surface area contributed by atoms with Crippen LogP contribution in [-0.2, 0) is 4.74 Å². The van der Waals surface area contributed by atoms with Crippen molar-refractivity contribution in [2.24, 2.45) is 5.92 Å². The van der Waals surface area contributed by atoms with E-state index in [2.05, 4.69) is 34.2 Å². The number of likely N-dealkylation sites (N-methyl/N-ethyl adjacent to an activating group) is 1. The highest BCUT2D eigenvalue weighted by molar-refractivity contribution is 5.93. The van der Waals surface area contributed by atoms with E-state index in [4.69, 9.17) is 4.74 Å². The molecule has 0 bridgehead atoms. The summed E-state index contributed by atoms with van der Waals surface area (Å²) in [7, 11) is 0. The Hall–Kier alpha value is -1.79. The molecule has 2 amide bonds. The molecule has 0 spiro atoms. The number of amides is 2. The van der Waals surface area contributed by atoms with Crippen molar-refractivity contribution in [3.63, 3.8) is 0 Å². The zero-order chi connectivity index (χ0) is 18.6. The maximum Gasteiger partial charge on any atom is 0.322 e. The maximum atomic E-state index is 13.1. The molecule has 1 aromatic carbocycles. The minimum absolute atomic E-state index is 0.0454. The fourth-order valence-electron chi connectivity index (χ4n) is 4.14. The number of hydrogen-bond donors (Lipinski definition) is 1. The maximum absolute atomic E-state index is 13.1. The van der Waals surface area contributed by atoms with Gasteiger partial charge in [-0.05, 0) is 37.9 Å². The van der Waals surface area contributed by atoms with E-state index in [-0.39, 0.29) is 6.03 Å². The number of carbonyl (C=O) groups is 1. The van der Waals surface area contributed by atoms with Crippen LogP contribution in [0.1, 0.15) is 26.2 Å². The van der Waals surface area contributed by atoms with Gasteiger partial charge >= 0.3 is 6.03 Å². The average molecular weight is 373 g/mol. The van der Waals surface area contributed by atoms with Crippen LogP contribution in [0.2, 0.25) is 0 Å². The van der Waals surface area contributed by atoms with Crippen LogP contribution in [0.4, 0.5) is 16.2 Å². The van der Waals surface area contributed by atoms with Crippen molar-refractivity contribution in [1.82, 2.24) is 9.80 Å². The van der Waals surface area contributed by atoms with Crippen molar-refractivity contribution in [2.75, 3.05) is 62.7 Å². The number of benzene rings is 1. The van der Waals surface area contributed by atoms with Crippen molar-refractivity contribution in [2.45, 2.75) is 32.2 Å². The van der Waals surface area contributed by atoms with Crippen molar-refractivity contribution < 1.29 is 9.53 Å². The fraction of sp³-hybridized carbons (Fsp3) is 0.667. The van der Waals surface area contributed by atoms with Gasteiger partial charge in [-0.3, -0.25) is 0 Å². The summed E-state index contributed by atoms with van der Waals surface area (Å²) in [6.45, 7) is 9.92. The van der Waals surface area contributed by atoms with E-state index < -0.39 is 0 Å². The molecule has 6 heteroatoms. The molecule has 27 heavy (non-hydrogen) atoms. The molecule has 1 aromatic rings. The standard InChI is InChI=1S/C21H32N4O2/c1-2-23-10-12-24(13-11-23)20-6-4-3-5-19(20)22-21(26)25(18-7-8-18)15-17-9-14-27-16-17/h3-6,17-18H,2,7-16H2,1H3,(H,22,26).